The second kappa shape index (κ2) is 10.6. The van der Waals surface area contributed by atoms with E-state index < -0.39 is 29.9 Å². The number of ether oxygens (including phenoxy) is 1. The number of halogens is 3. The van der Waals surface area contributed by atoms with Crippen LogP contribution in [0.4, 0.5) is 18.9 Å². The van der Waals surface area contributed by atoms with E-state index in [9.17, 15) is 27.9 Å². The van der Waals surface area contributed by atoms with Crippen molar-refractivity contribution in [1.29, 1.82) is 0 Å². The fourth-order valence-electron chi connectivity index (χ4n) is 5.20. The van der Waals surface area contributed by atoms with Gasteiger partial charge in [0.05, 0.1) is 28.8 Å². The molecule has 0 aliphatic heterocycles. The molecule has 0 bridgehead atoms. The van der Waals surface area contributed by atoms with Crippen LogP contribution in [0.5, 0.6) is 5.75 Å². The highest BCUT2D eigenvalue weighted by atomic mass is 19.4. The number of amides is 1. The van der Waals surface area contributed by atoms with Crippen LogP contribution in [0.1, 0.15) is 62.5 Å². The van der Waals surface area contributed by atoms with Crippen LogP contribution in [0.3, 0.4) is 0 Å². The van der Waals surface area contributed by atoms with Crippen LogP contribution in [0.2, 0.25) is 0 Å². The first-order chi connectivity index (χ1) is 20.5. The van der Waals surface area contributed by atoms with Crippen molar-refractivity contribution >= 4 is 28.8 Å². The smallest absolute Gasteiger partial charge is 0.435 e. The van der Waals surface area contributed by atoms with Gasteiger partial charge in [-0.15, -0.1) is 0 Å². The molecular formula is C30H24F3N5O5. The minimum absolute atomic E-state index is 0.0291. The van der Waals surface area contributed by atoms with E-state index in [1.165, 1.54) is 46.1 Å². The van der Waals surface area contributed by atoms with Crippen molar-refractivity contribution in [3.05, 3.63) is 94.8 Å². The average molecular weight is 592 g/mol. The summed E-state index contributed by atoms with van der Waals surface area (Å²) in [6.07, 6.45) is -3.02. The SMILES string of the molecule is Cc1nc2ncc(N(C)C(=O)c3cccc(-n4nc(C(F)(F)F)c5c4[C@H](Oc4ccc(C(=O)O)cc4)CCC5)c3)cc2o1. The normalized spacial score (nSPS) is 14.9. The lowest BCUT2D eigenvalue weighted by atomic mass is 9.92. The molecule has 13 heteroatoms. The highest BCUT2D eigenvalue weighted by molar-refractivity contribution is 6.06. The molecule has 6 rings (SSSR count). The molecule has 0 saturated carbocycles. The van der Waals surface area contributed by atoms with Gasteiger partial charge in [-0.3, -0.25) is 4.79 Å². The molecule has 0 unspecified atom stereocenters. The highest BCUT2D eigenvalue weighted by Gasteiger charge is 2.42. The van der Waals surface area contributed by atoms with Crippen molar-refractivity contribution in [2.24, 2.45) is 0 Å². The maximum absolute atomic E-state index is 14.1. The fourth-order valence-corrected chi connectivity index (χ4v) is 5.20. The Bertz CT molecular complexity index is 1860. The third-order valence-corrected chi connectivity index (χ3v) is 7.24. The number of rotatable bonds is 6. The Hall–Kier alpha value is -5.20. The molecule has 2 aromatic carbocycles. The molecule has 1 atom stereocenters. The molecule has 0 saturated heterocycles. The van der Waals surface area contributed by atoms with Crippen LogP contribution in [0.15, 0.2) is 65.2 Å². The second-order valence-corrected chi connectivity index (χ2v) is 10.1. The summed E-state index contributed by atoms with van der Waals surface area (Å²) < 4.78 is 55.2. The highest BCUT2D eigenvalue weighted by Crippen LogP contribution is 2.42. The van der Waals surface area contributed by atoms with Gasteiger partial charge < -0.3 is 19.2 Å². The van der Waals surface area contributed by atoms with Gasteiger partial charge >= 0.3 is 12.1 Å². The molecule has 3 heterocycles. The first-order valence-corrected chi connectivity index (χ1v) is 13.3. The quantitative estimate of drug-likeness (QED) is 0.249. The molecule has 43 heavy (non-hydrogen) atoms. The number of hydrogen-bond acceptors (Lipinski definition) is 7. The van der Waals surface area contributed by atoms with Gasteiger partial charge in [-0.25, -0.2) is 14.5 Å². The number of nitrogens with zero attached hydrogens (tertiary/aromatic N) is 5. The zero-order chi connectivity index (χ0) is 30.5. The van der Waals surface area contributed by atoms with E-state index in [0.717, 1.165) is 0 Å². The van der Waals surface area contributed by atoms with E-state index >= 15 is 0 Å². The zero-order valence-electron chi connectivity index (χ0n) is 22.9. The number of anilines is 1. The van der Waals surface area contributed by atoms with E-state index in [1.54, 1.807) is 38.2 Å². The summed E-state index contributed by atoms with van der Waals surface area (Å²) >= 11 is 0. The molecule has 0 radical (unpaired) electrons. The summed E-state index contributed by atoms with van der Waals surface area (Å²) in [6.45, 7) is 1.69. The molecule has 3 aromatic heterocycles. The summed E-state index contributed by atoms with van der Waals surface area (Å²) in [5, 5.41) is 13.2. The van der Waals surface area contributed by atoms with Crippen molar-refractivity contribution in [2.75, 3.05) is 11.9 Å². The Balaban J connectivity index is 1.37. The number of carboxylic acids is 1. The number of hydrogen-bond donors (Lipinski definition) is 1. The van der Waals surface area contributed by atoms with Gasteiger partial charge in [0.25, 0.3) is 5.91 Å². The average Bonchev–Trinajstić information content (AvgIpc) is 3.57. The Morgan fingerprint density at radius 2 is 1.88 bits per heavy atom. The van der Waals surface area contributed by atoms with Crippen molar-refractivity contribution in [1.82, 2.24) is 19.7 Å². The molecule has 1 aliphatic rings. The molecule has 1 aliphatic carbocycles. The number of aromatic carboxylic acids is 1. The monoisotopic (exact) mass is 591 g/mol. The first kappa shape index (κ1) is 27.9. The molecule has 0 fully saturated rings. The largest absolute Gasteiger partial charge is 0.484 e. The number of oxazole rings is 1. The molecule has 10 nitrogen and oxygen atoms in total. The van der Waals surface area contributed by atoms with Crippen molar-refractivity contribution < 1.29 is 37.0 Å². The lowest BCUT2D eigenvalue weighted by molar-refractivity contribution is -0.142. The fraction of sp³-hybridized carbons (Fsp3) is 0.233. The number of alkyl halides is 3. The third kappa shape index (κ3) is 5.29. The topological polar surface area (TPSA) is 124 Å². The van der Waals surface area contributed by atoms with Gasteiger partial charge in [-0.2, -0.15) is 23.3 Å². The van der Waals surface area contributed by atoms with Crippen LogP contribution in [0.25, 0.3) is 16.9 Å². The summed E-state index contributed by atoms with van der Waals surface area (Å²) in [5.41, 5.74) is 1.03. The molecule has 5 aromatic rings. The number of benzene rings is 2. The minimum atomic E-state index is -4.71. The van der Waals surface area contributed by atoms with Gasteiger partial charge in [-0.1, -0.05) is 6.07 Å². The number of carbonyl (C=O) groups is 2. The molecule has 220 valence electrons. The van der Waals surface area contributed by atoms with Crippen LogP contribution in [-0.2, 0) is 12.6 Å². The summed E-state index contributed by atoms with van der Waals surface area (Å²) in [5.74, 6) is -0.795. The Kier molecular flexibility index (Phi) is 6.87. The predicted molar refractivity (Wildman–Crippen MR) is 148 cm³/mol. The third-order valence-electron chi connectivity index (χ3n) is 7.24. The minimum Gasteiger partial charge on any atom is -0.484 e. The second-order valence-electron chi connectivity index (χ2n) is 10.1. The molecule has 1 N–H and O–H groups in total. The van der Waals surface area contributed by atoms with Crippen LogP contribution in [0, 0.1) is 6.92 Å². The first-order valence-electron chi connectivity index (χ1n) is 13.3. The van der Waals surface area contributed by atoms with E-state index in [0.29, 0.717) is 41.4 Å². The Morgan fingerprint density at radius 1 is 1.12 bits per heavy atom. The van der Waals surface area contributed by atoms with E-state index in [1.807, 2.05) is 0 Å². The number of carboxylic acid groups (broad SMARTS) is 1. The number of aromatic nitrogens is 4. The zero-order valence-corrected chi connectivity index (χ0v) is 22.9. The van der Waals surface area contributed by atoms with Crippen LogP contribution < -0.4 is 9.64 Å². The maximum atomic E-state index is 14.1. The number of fused-ring (bicyclic) bond motifs is 2. The maximum Gasteiger partial charge on any atom is 0.435 e. The number of aryl methyl sites for hydroxylation is 1. The lowest BCUT2D eigenvalue weighted by Gasteiger charge is -2.26. The van der Waals surface area contributed by atoms with Gasteiger partial charge in [0.2, 0.25) is 0 Å². The van der Waals surface area contributed by atoms with E-state index in [2.05, 4.69) is 15.1 Å². The van der Waals surface area contributed by atoms with Gasteiger partial charge in [0.1, 0.15) is 11.9 Å². The van der Waals surface area contributed by atoms with E-state index in [-0.39, 0.29) is 34.5 Å². The Morgan fingerprint density at radius 3 is 2.60 bits per heavy atom. The predicted octanol–water partition coefficient (Wildman–Crippen LogP) is 6.17. The van der Waals surface area contributed by atoms with Gasteiger partial charge in [-0.05, 0) is 61.7 Å². The standard InChI is InChI=1S/C30H24F3N5O5/c1-16-35-27-24(42-16)14-20(15-34-27)37(2)28(39)18-5-3-6-19(13-18)38-25-22(26(36-38)30(31,32)33)7-4-8-23(25)43-21-11-9-17(10-12-21)29(40)41/h3,5-6,9-15,23H,4,7-8H2,1-2H3,(H,40,41)/t23-/m1/s1. The summed E-state index contributed by atoms with van der Waals surface area (Å²) in [4.78, 5) is 34.4. The van der Waals surface area contributed by atoms with Gasteiger partial charge in [0, 0.05) is 31.2 Å². The summed E-state index contributed by atoms with van der Waals surface area (Å²) in [7, 11) is 1.55. The van der Waals surface area contributed by atoms with Gasteiger partial charge in [0.15, 0.2) is 22.8 Å². The van der Waals surface area contributed by atoms with Crippen molar-refractivity contribution in [3.63, 3.8) is 0 Å². The number of pyridine rings is 1. The van der Waals surface area contributed by atoms with Crippen molar-refractivity contribution in [3.8, 4) is 11.4 Å². The Labute approximate surface area is 242 Å². The number of carbonyl (C=O) groups excluding carboxylic acids is 1. The van der Waals surface area contributed by atoms with Crippen LogP contribution >= 0.6 is 0 Å². The van der Waals surface area contributed by atoms with Crippen molar-refractivity contribution in [2.45, 2.75) is 38.5 Å². The van der Waals surface area contributed by atoms with Crippen LogP contribution in [-0.4, -0.2) is 43.8 Å². The molecular weight excluding hydrogens is 567 g/mol. The van der Waals surface area contributed by atoms with E-state index in [4.69, 9.17) is 9.15 Å². The molecule has 0 spiro atoms. The summed E-state index contributed by atoms with van der Waals surface area (Å²) in [6, 6.07) is 13.5. The lowest BCUT2D eigenvalue weighted by Crippen LogP contribution is -2.26. The molecule has 1 amide bonds.